The molecule has 1 saturated carbocycles. The number of H-pyrrole nitrogens is 1. The summed E-state index contributed by atoms with van der Waals surface area (Å²) >= 11 is 1.39. The van der Waals surface area contributed by atoms with Crippen molar-refractivity contribution < 1.29 is 19.8 Å². The Hall–Kier alpha value is -3.90. The fourth-order valence-corrected chi connectivity index (χ4v) is 4.53. The van der Waals surface area contributed by atoms with Crippen LogP contribution in [0.5, 0.6) is 0 Å². The van der Waals surface area contributed by atoms with Crippen LogP contribution in [0.15, 0.2) is 48.4 Å². The van der Waals surface area contributed by atoms with Crippen molar-refractivity contribution in [1.82, 2.24) is 29.9 Å². The highest BCUT2D eigenvalue weighted by atomic mass is 32.1. The highest BCUT2D eigenvalue weighted by molar-refractivity contribution is 7.13. The monoisotopic (exact) mass is 481 g/mol. The molecule has 0 aromatic carbocycles. The van der Waals surface area contributed by atoms with Crippen LogP contribution in [0.4, 0.5) is 5.69 Å². The quantitative estimate of drug-likeness (QED) is 0.316. The fourth-order valence-electron chi connectivity index (χ4n) is 3.75. The molecule has 0 radical (unpaired) electrons. The van der Waals surface area contributed by atoms with E-state index < -0.39 is 0 Å². The van der Waals surface area contributed by atoms with E-state index in [-0.39, 0.29) is 24.5 Å². The molecule has 34 heavy (non-hydrogen) atoms. The SMILES string of the molecule is O=C(Nc1cn(C2CCC(O)CC2)nc1-c1ccccn1)c1csc(-c2cn[nH]c2)n1.O=CO. The Morgan fingerprint density at radius 3 is 2.74 bits per heavy atom. The predicted octanol–water partition coefficient (Wildman–Crippen LogP) is 3.22. The molecule has 1 fully saturated rings. The minimum Gasteiger partial charge on any atom is -0.483 e. The third-order valence-corrected chi connectivity index (χ3v) is 6.30. The molecule has 0 bridgehead atoms. The second-order valence-electron chi connectivity index (χ2n) is 7.63. The van der Waals surface area contributed by atoms with Crippen LogP contribution in [0.3, 0.4) is 0 Å². The zero-order valence-corrected chi connectivity index (χ0v) is 18.9. The number of hydrogen-bond acceptors (Lipinski definition) is 8. The van der Waals surface area contributed by atoms with Crippen molar-refractivity contribution in [1.29, 1.82) is 0 Å². The summed E-state index contributed by atoms with van der Waals surface area (Å²) in [4.78, 5) is 30.1. The van der Waals surface area contributed by atoms with Gasteiger partial charge in [0.15, 0.2) is 0 Å². The lowest BCUT2D eigenvalue weighted by molar-refractivity contribution is -0.122. The summed E-state index contributed by atoms with van der Waals surface area (Å²) in [6.45, 7) is -0.250. The van der Waals surface area contributed by atoms with Crippen molar-refractivity contribution in [3.05, 3.63) is 54.1 Å². The molecule has 11 nitrogen and oxygen atoms in total. The van der Waals surface area contributed by atoms with Crippen molar-refractivity contribution in [2.75, 3.05) is 5.32 Å². The lowest BCUT2D eigenvalue weighted by atomic mass is 9.93. The molecule has 0 atom stereocenters. The molecular weight excluding hydrogens is 458 g/mol. The second-order valence-corrected chi connectivity index (χ2v) is 8.49. The topological polar surface area (TPSA) is 159 Å². The van der Waals surface area contributed by atoms with Crippen molar-refractivity contribution in [3.8, 4) is 22.0 Å². The fraction of sp³-hybridized carbons (Fsp3) is 0.273. The van der Waals surface area contributed by atoms with E-state index in [2.05, 4.69) is 25.5 Å². The first-order chi connectivity index (χ1) is 16.6. The third kappa shape index (κ3) is 5.35. The largest absolute Gasteiger partial charge is 0.483 e. The lowest BCUT2D eigenvalue weighted by Gasteiger charge is -2.25. The predicted molar refractivity (Wildman–Crippen MR) is 125 cm³/mol. The van der Waals surface area contributed by atoms with E-state index in [4.69, 9.17) is 15.0 Å². The number of aromatic amines is 1. The van der Waals surface area contributed by atoms with Crippen LogP contribution in [0.25, 0.3) is 22.0 Å². The van der Waals surface area contributed by atoms with Gasteiger partial charge < -0.3 is 15.5 Å². The number of nitrogens with one attached hydrogen (secondary N) is 2. The Bertz CT molecular complexity index is 1220. The molecule has 176 valence electrons. The van der Waals surface area contributed by atoms with Gasteiger partial charge in [0.1, 0.15) is 16.4 Å². The first-order valence-corrected chi connectivity index (χ1v) is 11.5. The number of hydrogen-bond donors (Lipinski definition) is 4. The number of nitrogens with zero attached hydrogens (tertiary/aromatic N) is 5. The van der Waals surface area contributed by atoms with E-state index in [9.17, 15) is 9.90 Å². The Balaban J connectivity index is 0.000000868. The van der Waals surface area contributed by atoms with Gasteiger partial charge in [0.25, 0.3) is 12.4 Å². The van der Waals surface area contributed by atoms with E-state index in [0.717, 1.165) is 36.3 Å². The Kier molecular flexibility index (Phi) is 7.40. The summed E-state index contributed by atoms with van der Waals surface area (Å²) in [5, 5.41) is 33.5. The van der Waals surface area contributed by atoms with Crippen molar-refractivity contribution >= 4 is 29.4 Å². The zero-order chi connectivity index (χ0) is 23.9. The Morgan fingerprint density at radius 2 is 2.06 bits per heavy atom. The van der Waals surface area contributed by atoms with Gasteiger partial charge in [-0.3, -0.25) is 24.4 Å². The molecule has 0 saturated heterocycles. The molecule has 12 heteroatoms. The van der Waals surface area contributed by atoms with Gasteiger partial charge in [-0.1, -0.05) is 6.07 Å². The number of amides is 1. The maximum Gasteiger partial charge on any atom is 0.290 e. The minimum atomic E-state index is -0.304. The van der Waals surface area contributed by atoms with Gasteiger partial charge in [-0.2, -0.15) is 10.2 Å². The molecule has 4 aromatic rings. The van der Waals surface area contributed by atoms with Crippen molar-refractivity contribution in [2.45, 2.75) is 37.8 Å². The van der Waals surface area contributed by atoms with Crippen LogP contribution in [-0.4, -0.2) is 58.6 Å². The minimum absolute atomic E-state index is 0.184. The summed E-state index contributed by atoms with van der Waals surface area (Å²) in [6.07, 6.45) is 9.92. The van der Waals surface area contributed by atoms with Gasteiger partial charge in [0.05, 0.1) is 29.7 Å². The molecule has 1 amide bonds. The lowest BCUT2D eigenvalue weighted by Crippen LogP contribution is -2.21. The van der Waals surface area contributed by atoms with Gasteiger partial charge in [0, 0.05) is 29.5 Å². The third-order valence-electron chi connectivity index (χ3n) is 5.41. The molecule has 0 aliphatic heterocycles. The number of carboxylic acid groups (broad SMARTS) is 1. The van der Waals surface area contributed by atoms with Gasteiger partial charge in [0.2, 0.25) is 0 Å². The van der Waals surface area contributed by atoms with Gasteiger partial charge in [-0.25, -0.2) is 4.98 Å². The number of aliphatic hydroxyl groups excluding tert-OH is 1. The Labute approximate surface area is 198 Å². The summed E-state index contributed by atoms with van der Waals surface area (Å²) in [7, 11) is 0. The van der Waals surface area contributed by atoms with Crippen LogP contribution in [0, 0.1) is 0 Å². The van der Waals surface area contributed by atoms with Gasteiger partial charge in [-0.05, 0) is 37.8 Å². The smallest absolute Gasteiger partial charge is 0.290 e. The van der Waals surface area contributed by atoms with Gasteiger partial charge in [-0.15, -0.1) is 11.3 Å². The van der Waals surface area contributed by atoms with E-state index >= 15 is 0 Å². The zero-order valence-electron chi connectivity index (χ0n) is 18.0. The van der Waals surface area contributed by atoms with Crippen LogP contribution in [-0.2, 0) is 4.79 Å². The van der Waals surface area contributed by atoms with Crippen LogP contribution >= 0.6 is 11.3 Å². The maximum atomic E-state index is 12.9. The first-order valence-electron chi connectivity index (χ1n) is 10.6. The van der Waals surface area contributed by atoms with E-state index in [0.29, 0.717) is 22.8 Å². The molecule has 5 rings (SSSR count). The van der Waals surface area contributed by atoms with E-state index in [1.165, 1.54) is 11.3 Å². The number of aromatic nitrogens is 6. The Morgan fingerprint density at radius 1 is 1.26 bits per heavy atom. The summed E-state index contributed by atoms with van der Waals surface area (Å²) in [5.74, 6) is -0.304. The average molecular weight is 482 g/mol. The molecule has 0 spiro atoms. The van der Waals surface area contributed by atoms with E-state index in [1.807, 2.05) is 29.1 Å². The number of thiazole rings is 1. The van der Waals surface area contributed by atoms with Crippen LogP contribution < -0.4 is 5.32 Å². The second kappa shape index (κ2) is 10.8. The highest BCUT2D eigenvalue weighted by Crippen LogP contribution is 2.33. The summed E-state index contributed by atoms with van der Waals surface area (Å²) < 4.78 is 1.89. The highest BCUT2D eigenvalue weighted by Gasteiger charge is 2.24. The molecule has 4 heterocycles. The average Bonchev–Trinajstić information content (AvgIpc) is 3.61. The normalized spacial score (nSPS) is 17.4. The standard InChI is InChI=1S/C21H21N7O2S.CH2O2/c29-15-6-4-14(5-7-15)28-11-17(19(27-28)16-3-1-2-8-22-16)25-20(30)18-12-31-21(26-18)13-9-23-24-10-13;2-1-3/h1-3,8-12,14-15,29H,4-7H2,(H,23,24)(H,25,30);1H,(H,2,3). The molecule has 4 N–H and O–H groups in total. The van der Waals surface area contributed by atoms with Crippen molar-refractivity contribution in [3.63, 3.8) is 0 Å². The van der Waals surface area contributed by atoms with Crippen LogP contribution in [0.1, 0.15) is 42.2 Å². The number of aliphatic hydroxyl groups is 1. The molecular formula is C22H23N7O4S. The number of anilines is 1. The molecule has 1 aliphatic rings. The number of carbonyl (C=O) groups excluding carboxylic acids is 1. The van der Waals surface area contributed by atoms with Gasteiger partial charge >= 0.3 is 0 Å². The number of rotatable bonds is 5. The van der Waals surface area contributed by atoms with E-state index in [1.54, 1.807) is 24.0 Å². The first kappa shape index (κ1) is 23.3. The molecule has 0 unspecified atom stereocenters. The molecule has 4 aromatic heterocycles. The maximum absolute atomic E-state index is 12.9. The van der Waals surface area contributed by atoms with Crippen molar-refractivity contribution in [2.24, 2.45) is 0 Å². The summed E-state index contributed by atoms with van der Waals surface area (Å²) in [6, 6.07) is 5.78. The summed E-state index contributed by atoms with van der Waals surface area (Å²) in [5.41, 5.74) is 3.06. The molecule has 1 aliphatic carbocycles. The number of carbonyl (C=O) groups is 2. The van der Waals surface area contributed by atoms with Crippen LogP contribution in [0.2, 0.25) is 0 Å². The number of pyridine rings is 1.